The van der Waals surface area contributed by atoms with Crippen LogP contribution in [0.3, 0.4) is 0 Å². The zero-order valence-electron chi connectivity index (χ0n) is 15.8. The van der Waals surface area contributed by atoms with Crippen molar-refractivity contribution in [3.05, 3.63) is 60.0 Å². The molecule has 1 aliphatic heterocycles. The Kier molecular flexibility index (Phi) is 4.44. The molecule has 0 saturated carbocycles. The van der Waals surface area contributed by atoms with Gasteiger partial charge in [-0.15, -0.1) is 11.8 Å². The topological polar surface area (TPSA) is 72.7 Å². The number of anilines is 1. The highest BCUT2D eigenvalue weighted by Gasteiger charge is 2.30. The molecule has 1 aromatic carbocycles. The number of nitrogens with zero attached hydrogens (tertiary/aromatic N) is 4. The van der Waals surface area contributed by atoms with E-state index < -0.39 is 0 Å². The normalized spacial score (nSPS) is 12.3. The van der Waals surface area contributed by atoms with E-state index in [1.54, 1.807) is 11.8 Å². The molecular weight excluding hydrogens is 402 g/mol. The lowest BCUT2D eigenvalue weighted by Crippen LogP contribution is -2.05. The van der Waals surface area contributed by atoms with E-state index in [2.05, 4.69) is 21.4 Å². The number of carbonyl (C=O) groups is 1. The summed E-state index contributed by atoms with van der Waals surface area (Å²) in [7, 11) is 0. The Labute approximate surface area is 176 Å². The van der Waals surface area contributed by atoms with Crippen molar-refractivity contribution in [1.29, 1.82) is 0 Å². The first kappa shape index (κ1) is 18.1. The van der Waals surface area contributed by atoms with E-state index >= 15 is 0 Å². The van der Waals surface area contributed by atoms with Crippen molar-refractivity contribution in [2.45, 2.75) is 24.5 Å². The summed E-state index contributed by atoms with van der Waals surface area (Å²) in [6.07, 6.45) is 1.87. The van der Waals surface area contributed by atoms with Crippen molar-refractivity contribution < 1.29 is 4.79 Å². The number of rotatable bonds is 3. The van der Waals surface area contributed by atoms with E-state index in [1.807, 2.05) is 54.2 Å². The average Bonchev–Trinajstić information content (AvgIpc) is 3.29. The fourth-order valence-corrected chi connectivity index (χ4v) is 5.60. The Balaban J connectivity index is 1.73. The number of benzene rings is 1. The number of aromatic nitrogens is 4. The number of hydrogen-bond donors (Lipinski definition) is 1. The highest BCUT2D eigenvalue weighted by molar-refractivity contribution is 7.99. The number of hydrogen-bond acceptors (Lipinski definition) is 6. The van der Waals surface area contributed by atoms with Crippen LogP contribution in [-0.2, 0) is 10.5 Å². The van der Waals surface area contributed by atoms with Crippen molar-refractivity contribution in [2.24, 2.45) is 0 Å². The van der Waals surface area contributed by atoms with Crippen molar-refractivity contribution >= 4 is 34.1 Å². The summed E-state index contributed by atoms with van der Waals surface area (Å²) < 4.78 is 1.98. The summed E-state index contributed by atoms with van der Waals surface area (Å²) >= 11 is 3.22. The fraction of sp³-hybridized carbons (Fsp3) is 0.143. The molecule has 1 amide bonds. The van der Waals surface area contributed by atoms with E-state index in [-0.39, 0.29) is 5.91 Å². The Hall–Kier alpha value is -2.97. The lowest BCUT2D eigenvalue weighted by atomic mass is 10.1. The van der Waals surface area contributed by atoms with Crippen LogP contribution in [0.1, 0.15) is 18.3 Å². The monoisotopic (exact) mass is 419 g/mol. The maximum absolute atomic E-state index is 11.5. The van der Waals surface area contributed by atoms with Gasteiger partial charge >= 0.3 is 0 Å². The van der Waals surface area contributed by atoms with Crippen LogP contribution < -0.4 is 5.32 Å². The highest BCUT2D eigenvalue weighted by atomic mass is 32.2. The molecule has 1 aliphatic rings. The van der Waals surface area contributed by atoms with Gasteiger partial charge in [0.15, 0.2) is 5.13 Å². The third kappa shape index (κ3) is 3.24. The van der Waals surface area contributed by atoms with Gasteiger partial charge in [0.05, 0.1) is 21.2 Å². The number of nitrogens with one attached hydrogen (secondary N) is 1. The standard InChI is InChI=1S/C21H17N5OS2/c1-12-8-9-14(10-22-12)17-20-18(26(25-17)15-6-4-3-5-7-15)19-16(11-28-20)24-21(29-19)23-13(2)27/h3-10H,11H2,1-2H3,(H,23,24,27). The van der Waals surface area contributed by atoms with Gasteiger partial charge in [-0.2, -0.15) is 5.10 Å². The van der Waals surface area contributed by atoms with Crippen LogP contribution in [-0.4, -0.2) is 25.7 Å². The van der Waals surface area contributed by atoms with Gasteiger partial charge in [-0.05, 0) is 31.2 Å². The first-order chi connectivity index (χ1) is 14.1. The molecular formula is C21H17N5OS2. The van der Waals surface area contributed by atoms with Gasteiger partial charge in [0, 0.05) is 30.1 Å². The van der Waals surface area contributed by atoms with Crippen LogP contribution in [0.25, 0.3) is 27.5 Å². The molecule has 0 saturated heterocycles. The molecule has 0 atom stereocenters. The quantitative estimate of drug-likeness (QED) is 0.510. The largest absolute Gasteiger partial charge is 0.302 e. The van der Waals surface area contributed by atoms with Crippen LogP contribution in [0.15, 0.2) is 53.6 Å². The van der Waals surface area contributed by atoms with Crippen LogP contribution in [0.5, 0.6) is 0 Å². The molecule has 29 heavy (non-hydrogen) atoms. The third-order valence-corrected chi connectivity index (χ3v) is 6.69. The van der Waals surface area contributed by atoms with Crippen LogP contribution in [0, 0.1) is 6.92 Å². The second-order valence-corrected chi connectivity index (χ2v) is 8.71. The number of para-hydroxylation sites is 1. The lowest BCUT2D eigenvalue weighted by Gasteiger charge is -2.13. The smallest absolute Gasteiger partial charge is 0.223 e. The molecule has 0 bridgehead atoms. The van der Waals surface area contributed by atoms with Gasteiger partial charge in [0.1, 0.15) is 11.4 Å². The number of aryl methyl sites for hydroxylation is 1. The van der Waals surface area contributed by atoms with Gasteiger partial charge in [-0.1, -0.05) is 29.5 Å². The summed E-state index contributed by atoms with van der Waals surface area (Å²) in [5.74, 6) is 0.623. The summed E-state index contributed by atoms with van der Waals surface area (Å²) in [5, 5.41) is 8.42. The summed E-state index contributed by atoms with van der Waals surface area (Å²) in [5.41, 5.74) is 5.86. The molecule has 4 heterocycles. The Morgan fingerprint density at radius 1 is 1.17 bits per heavy atom. The minimum absolute atomic E-state index is 0.119. The molecule has 144 valence electrons. The second-order valence-electron chi connectivity index (χ2n) is 6.73. The predicted molar refractivity (Wildman–Crippen MR) is 117 cm³/mol. The lowest BCUT2D eigenvalue weighted by molar-refractivity contribution is -0.114. The molecule has 0 radical (unpaired) electrons. The van der Waals surface area contributed by atoms with Gasteiger partial charge in [0.25, 0.3) is 0 Å². The van der Waals surface area contributed by atoms with Gasteiger partial charge < -0.3 is 5.32 Å². The van der Waals surface area contributed by atoms with E-state index in [9.17, 15) is 4.79 Å². The van der Waals surface area contributed by atoms with Crippen LogP contribution in [0.2, 0.25) is 0 Å². The van der Waals surface area contributed by atoms with E-state index in [1.165, 1.54) is 18.3 Å². The number of thioether (sulfide) groups is 1. The third-order valence-electron chi connectivity index (χ3n) is 4.58. The Morgan fingerprint density at radius 2 is 2.00 bits per heavy atom. The van der Waals surface area contributed by atoms with Crippen molar-refractivity contribution in [1.82, 2.24) is 19.7 Å². The predicted octanol–water partition coefficient (Wildman–Crippen LogP) is 4.93. The molecule has 1 N–H and O–H groups in total. The first-order valence-electron chi connectivity index (χ1n) is 9.12. The first-order valence-corrected chi connectivity index (χ1v) is 10.9. The summed E-state index contributed by atoms with van der Waals surface area (Å²) in [6.45, 7) is 3.47. The Bertz CT molecular complexity index is 1210. The summed E-state index contributed by atoms with van der Waals surface area (Å²) in [6, 6.07) is 14.1. The minimum Gasteiger partial charge on any atom is -0.302 e. The van der Waals surface area contributed by atoms with Crippen LogP contribution >= 0.6 is 23.1 Å². The van der Waals surface area contributed by atoms with Gasteiger partial charge in [0.2, 0.25) is 5.91 Å². The molecule has 6 nitrogen and oxygen atoms in total. The zero-order valence-corrected chi connectivity index (χ0v) is 17.5. The number of pyridine rings is 1. The molecule has 0 aliphatic carbocycles. The molecule has 0 fully saturated rings. The van der Waals surface area contributed by atoms with E-state index in [0.717, 1.165) is 49.6 Å². The van der Waals surface area contributed by atoms with Crippen molar-refractivity contribution in [3.63, 3.8) is 0 Å². The molecule has 5 rings (SSSR count). The number of amides is 1. The molecule has 0 spiro atoms. The number of fused-ring (bicyclic) bond motifs is 3. The minimum atomic E-state index is -0.119. The molecule has 4 aromatic rings. The van der Waals surface area contributed by atoms with Crippen LogP contribution in [0.4, 0.5) is 5.13 Å². The van der Waals surface area contributed by atoms with Crippen molar-refractivity contribution in [2.75, 3.05) is 5.32 Å². The van der Waals surface area contributed by atoms with Gasteiger partial charge in [-0.3, -0.25) is 9.78 Å². The second kappa shape index (κ2) is 7.13. The maximum Gasteiger partial charge on any atom is 0.223 e. The fourth-order valence-electron chi connectivity index (χ4n) is 3.27. The zero-order chi connectivity index (χ0) is 20.0. The maximum atomic E-state index is 11.5. The SMILES string of the molecule is CC(=O)Nc1nc2c(s1)-c1c(c(-c3ccc(C)nc3)nn1-c1ccccc1)SC2. The highest BCUT2D eigenvalue weighted by Crippen LogP contribution is 2.49. The average molecular weight is 420 g/mol. The van der Waals surface area contributed by atoms with E-state index in [4.69, 9.17) is 5.10 Å². The summed E-state index contributed by atoms with van der Waals surface area (Å²) in [4.78, 5) is 22.7. The van der Waals surface area contributed by atoms with Gasteiger partial charge in [-0.25, -0.2) is 9.67 Å². The van der Waals surface area contributed by atoms with Crippen molar-refractivity contribution in [3.8, 4) is 27.5 Å². The Morgan fingerprint density at radius 3 is 2.72 bits per heavy atom. The molecule has 0 unspecified atom stereocenters. The molecule has 8 heteroatoms. The molecule has 3 aromatic heterocycles. The number of carbonyl (C=O) groups excluding carboxylic acids is 1. The number of thiazole rings is 1. The van der Waals surface area contributed by atoms with E-state index in [0.29, 0.717) is 5.13 Å².